The average Bonchev–Trinajstić information content (AvgIpc) is 2.64. The number of anilines is 1. The molecular weight excluding hydrogens is 388 g/mol. The number of hydrogen-bond acceptors (Lipinski definition) is 4. The minimum atomic E-state index is -1.09. The van der Waals surface area contributed by atoms with Gasteiger partial charge in [0.25, 0.3) is 5.91 Å². The van der Waals surface area contributed by atoms with Crippen LogP contribution in [0.15, 0.2) is 42.5 Å². The van der Waals surface area contributed by atoms with Crippen molar-refractivity contribution in [3.05, 3.63) is 58.6 Å². The molecule has 1 amide bonds. The predicted molar refractivity (Wildman–Crippen MR) is 109 cm³/mol. The number of ether oxygens (including phenoxy) is 1. The van der Waals surface area contributed by atoms with Crippen LogP contribution >= 0.6 is 23.8 Å². The first-order valence-corrected chi connectivity index (χ1v) is 9.07. The topological polar surface area (TPSA) is 87.7 Å². The van der Waals surface area contributed by atoms with Gasteiger partial charge in [-0.05, 0) is 61.1 Å². The molecule has 2 rings (SSSR count). The van der Waals surface area contributed by atoms with Crippen LogP contribution in [0.3, 0.4) is 0 Å². The largest absolute Gasteiger partial charge is 0.494 e. The number of carbonyl (C=O) groups excluding carboxylic acids is 1. The molecule has 0 fully saturated rings. The maximum Gasteiger partial charge on any atom is 0.335 e. The molecule has 27 heavy (non-hydrogen) atoms. The summed E-state index contributed by atoms with van der Waals surface area (Å²) in [6, 6.07) is 10.9. The van der Waals surface area contributed by atoms with E-state index < -0.39 is 11.9 Å². The molecule has 142 valence electrons. The highest BCUT2D eigenvalue weighted by Crippen LogP contribution is 2.23. The van der Waals surface area contributed by atoms with Crippen molar-refractivity contribution in [2.45, 2.75) is 19.8 Å². The lowest BCUT2D eigenvalue weighted by Gasteiger charge is -2.12. The van der Waals surface area contributed by atoms with Gasteiger partial charge in [-0.15, -0.1) is 0 Å². The van der Waals surface area contributed by atoms with Gasteiger partial charge in [-0.25, -0.2) is 4.79 Å². The Kier molecular flexibility index (Phi) is 7.57. The third-order valence-corrected chi connectivity index (χ3v) is 4.11. The number of benzene rings is 2. The van der Waals surface area contributed by atoms with E-state index in [2.05, 4.69) is 17.6 Å². The second-order valence-corrected chi connectivity index (χ2v) is 6.45. The minimum absolute atomic E-state index is 0.00714. The molecule has 0 unspecified atom stereocenters. The van der Waals surface area contributed by atoms with Gasteiger partial charge in [-0.1, -0.05) is 24.9 Å². The molecule has 0 aliphatic carbocycles. The van der Waals surface area contributed by atoms with Crippen molar-refractivity contribution in [3.8, 4) is 5.75 Å². The molecule has 0 spiro atoms. The molecule has 2 aromatic rings. The Hall–Kier alpha value is -2.64. The molecule has 3 N–H and O–H groups in total. The highest BCUT2D eigenvalue weighted by Gasteiger charge is 2.11. The number of hydrogen-bond donors (Lipinski definition) is 3. The minimum Gasteiger partial charge on any atom is -0.494 e. The molecule has 0 saturated carbocycles. The lowest BCUT2D eigenvalue weighted by atomic mass is 10.2. The molecule has 0 aromatic heterocycles. The zero-order valence-electron chi connectivity index (χ0n) is 14.6. The maximum atomic E-state index is 12.3. The SMILES string of the molecule is CCCCOc1ccc(C(=O)NC(=S)Nc2cc(C(=O)O)ccc2Cl)cc1. The van der Waals surface area contributed by atoms with Crippen LogP contribution in [0.25, 0.3) is 0 Å². The van der Waals surface area contributed by atoms with Gasteiger partial charge in [0.05, 0.1) is 22.9 Å². The third kappa shape index (κ3) is 6.23. The van der Waals surface area contributed by atoms with Crippen LogP contribution in [0, 0.1) is 0 Å². The fraction of sp³-hybridized carbons (Fsp3) is 0.211. The van der Waals surface area contributed by atoms with Gasteiger partial charge in [0.1, 0.15) is 5.75 Å². The van der Waals surface area contributed by atoms with Gasteiger partial charge in [0.2, 0.25) is 0 Å². The average molecular weight is 407 g/mol. The van der Waals surface area contributed by atoms with Gasteiger partial charge >= 0.3 is 5.97 Å². The van der Waals surface area contributed by atoms with E-state index in [1.807, 2.05) is 0 Å². The van der Waals surface area contributed by atoms with Crippen LogP contribution < -0.4 is 15.4 Å². The number of amides is 1. The van der Waals surface area contributed by atoms with E-state index in [-0.39, 0.29) is 15.7 Å². The Morgan fingerprint density at radius 3 is 2.44 bits per heavy atom. The number of unbranched alkanes of at least 4 members (excludes halogenated alkanes) is 1. The molecule has 0 radical (unpaired) electrons. The highest BCUT2D eigenvalue weighted by molar-refractivity contribution is 7.80. The van der Waals surface area contributed by atoms with Crippen LogP contribution in [0.4, 0.5) is 5.69 Å². The summed E-state index contributed by atoms with van der Waals surface area (Å²) in [5.41, 5.74) is 0.753. The molecule has 0 heterocycles. The second kappa shape index (κ2) is 9.89. The fourth-order valence-electron chi connectivity index (χ4n) is 2.12. The quantitative estimate of drug-likeness (QED) is 0.468. The van der Waals surface area contributed by atoms with Gasteiger partial charge in [0, 0.05) is 5.56 Å². The molecule has 0 atom stereocenters. The summed E-state index contributed by atoms with van der Waals surface area (Å²) >= 11 is 11.1. The Morgan fingerprint density at radius 2 is 1.81 bits per heavy atom. The first-order chi connectivity index (χ1) is 12.9. The van der Waals surface area contributed by atoms with Crippen molar-refractivity contribution < 1.29 is 19.4 Å². The number of carbonyl (C=O) groups is 2. The zero-order chi connectivity index (χ0) is 19.8. The third-order valence-electron chi connectivity index (χ3n) is 3.57. The van der Waals surface area contributed by atoms with E-state index in [0.29, 0.717) is 23.6 Å². The summed E-state index contributed by atoms with van der Waals surface area (Å²) in [6.07, 6.45) is 2.01. The fourth-order valence-corrected chi connectivity index (χ4v) is 2.49. The number of halogens is 1. The molecule has 8 heteroatoms. The lowest BCUT2D eigenvalue weighted by molar-refractivity contribution is 0.0696. The van der Waals surface area contributed by atoms with E-state index >= 15 is 0 Å². The summed E-state index contributed by atoms with van der Waals surface area (Å²) in [7, 11) is 0. The first kappa shape index (κ1) is 20.7. The van der Waals surface area contributed by atoms with Crippen LogP contribution in [-0.2, 0) is 0 Å². The molecule has 2 aromatic carbocycles. The van der Waals surface area contributed by atoms with Crippen molar-refractivity contribution in [1.82, 2.24) is 5.32 Å². The molecule has 6 nitrogen and oxygen atoms in total. The van der Waals surface area contributed by atoms with Gasteiger partial charge < -0.3 is 15.2 Å². The number of rotatable bonds is 7. The summed E-state index contributed by atoms with van der Waals surface area (Å²) in [6.45, 7) is 2.71. The van der Waals surface area contributed by atoms with Crippen molar-refractivity contribution in [1.29, 1.82) is 0 Å². The smallest absolute Gasteiger partial charge is 0.335 e. The lowest BCUT2D eigenvalue weighted by Crippen LogP contribution is -2.34. The zero-order valence-corrected chi connectivity index (χ0v) is 16.2. The monoisotopic (exact) mass is 406 g/mol. The van der Waals surface area contributed by atoms with E-state index in [9.17, 15) is 9.59 Å². The maximum absolute atomic E-state index is 12.3. The van der Waals surface area contributed by atoms with Crippen molar-refractivity contribution >= 4 is 46.5 Å². The van der Waals surface area contributed by atoms with E-state index in [1.54, 1.807) is 24.3 Å². The number of nitrogens with one attached hydrogen (secondary N) is 2. The van der Waals surface area contributed by atoms with Crippen LogP contribution in [-0.4, -0.2) is 28.7 Å². The second-order valence-electron chi connectivity index (χ2n) is 5.63. The summed E-state index contributed by atoms with van der Waals surface area (Å²) in [5.74, 6) is -0.804. The van der Waals surface area contributed by atoms with Crippen molar-refractivity contribution in [3.63, 3.8) is 0 Å². The van der Waals surface area contributed by atoms with E-state index in [4.69, 9.17) is 33.7 Å². The molecule has 0 aliphatic rings. The number of carboxylic acids is 1. The van der Waals surface area contributed by atoms with Crippen molar-refractivity contribution in [2.24, 2.45) is 0 Å². The summed E-state index contributed by atoms with van der Waals surface area (Å²) in [4.78, 5) is 23.3. The van der Waals surface area contributed by atoms with E-state index in [1.165, 1.54) is 18.2 Å². The van der Waals surface area contributed by atoms with E-state index in [0.717, 1.165) is 12.8 Å². The summed E-state index contributed by atoms with van der Waals surface area (Å²) in [5, 5.41) is 14.6. The van der Waals surface area contributed by atoms with Gasteiger partial charge in [0.15, 0.2) is 5.11 Å². The molecular formula is C19H19ClN2O4S. The van der Waals surface area contributed by atoms with Crippen LogP contribution in [0.5, 0.6) is 5.75 Å². The number of carboxylic acid groups (broad SMARTS) is 1. The normalized spacial score (nSPS) is 10.1. The standard InChI is InChI=1S/C19H19ClN2O4S/c1-2-3-10-26-14-7-4-12(5-8-14)17(23)22-19(27)21-16-11-13(18(24)25)6-9-15(16)20/h4-9,11H,2-3,10H2,1H3,(H,24,25)(H2,21,22,23,27). The van der Waals surface area contributed by atoms with Crippen LogP contribution in [0.2, 0.25) is 5.02 Å². The van der Waals surface area contributed by atoms with Gasteiger partial charge in [-0.2, -0.15) is 0 Å². The highest BCUT2D eigenvalue weighted by atomic mass is 35.5. The molecule has 0 aliphatic heterocycles. The molecule has 0 saturated heterocycles. The Morgan fingerprint density at radius 1 is 1.15 bits per heavy atom. The van der Waals surface area contributed by atoms with Crippen molar-refractivity contribution in [2.75, 3.05) is 11.9 Å². The Labute approximate surface area is 167 Å². The first-order valence-electron chi connectivity index (χ1n) is 8.28. The Bertz CT molecular complexity index is 840. The number of thiocarbonyl (C=S) groups is 1. The van der Waals surface area contributed by atoms with Gasteiger partial charge in [-0.3, -0.25) is 10.1 Å². The predicted octanol–water partition coefficient (Wildman–Crippen LogP) is 4.34. The Balaban J connectivity index is 1.96. The summed E-state index contributed by atoms with van der Waals surface area (Å²) < 4.78 is 5.55. The molecule has 0 bridgehead atoms. The van der Waals surface area contributed by atoms with Crippen LogP contribution in [0.1, 0.15) is 40.5 Å². The number of aromatic carboxylic acids is 1.